The Morgan fingerprint density at radius 3 is 2.65 bits per heavy atom. The van der Waals surface area contributed by atoms with Gasteiger partial charge in [0.15, 0.2) is 11.5 Å². The maximum absolute atomic E-state index is 11.7. The number of carbonyl (C=O) groups excluding carboxylic acids is 2. The number of rotatable bonds is 7. The highest BCUT2D eigenvalue weighted by molar-refractivity contribution is 5.86. The molecule has 6 nitrogen and oxygen atoms in total. The minimum absolute atomic E-state index is 0.0909. The highest BCUT2D eigenvalue weighted by atomic mass is 16.6. The van der Waals surface area contributed by atoms with Gasteiger partial charge >= 0.3 is 5.97 Å². The molecule has 0 amide bonds. The molecule has 6 heteroatoms. The molecule has 0 bridgehead atoms. The van der Waals surface area contributed by atoms with E-state index in [1.807, 2.05) is 0 Å². The number of ether oxygens (including phenoxy) is 3. The molecular formula is C17H18O6. The summed E-state index contributed by atoms with van der Waals surface area (Å²) >= 11 is 0. The standard InChI is InChI=1S/C17H18O6/c1-11(2)22-17(19)15-7-5-13(23-15)10-21-16-8-12(9-18)4-6-14(16)20-3/h4-9,11H,10H2,1-3H3. The normalized spacial score (nSPS) is 10.4. The SMILES string of the molecule is COc1ccc(C=O)cc1OCc1ccc(C(=O)OC(C)C)o1. The fourth-order valence-electron chi connectivity index (χ4n) is 1.87. The lowest BCUT2D eigenvalue weighted by atomic mass is 10.2. The topological polar surface area (TPSA) is 75.0 Å². The van der Waals surface area contributed by atoms with Crippen molar-refractivity contribution in [2.75, 3.05) is 7.11 Å². The van der Waals surface area contributed by atoms with Crippen LogP contribution in [-0.2, 0) is 11.3 Å². The Balaban J connectivity index is 2.05. The van der Waals surface area contributed by atoms with Gasteiger partial charge in [-0.25, -0.2) is 4.79 Å². The van der Waals surface area contributed by atoms with E-state index in [-0.39, 0.29) is 18.5 Å². The van der Waals surface area contributed by atoms with Crippen LogP contribution in [0.4, 0.5) is 0 Å². The molecule has 0 atom stereocenters. The molecule has 1 aromatic heterocycles. The zero-order valence-corrected chi connectivity index (χ0v) is 13.2. The molecule has 0 saturated heterocycles. The van der Waals surface area contributed by atoms with Crippen molar-refractivity contribution < 1.29 is 28.2 Å². The molecule has 122 valence electrons. The van der Waals surface area contributed by atoms with Gasteiger partial charge in [0.1, 0.15) is 18.7 Å². The van der Waals surface area contributed by atoms with Crippen molar-refractivity contribution >= 4 is 12.3 Å². The van der Waals surface area contributed by atoms with Crippen LogP contribution < -0.4 is 9.47 Å². The highest BCUT2D eigenvalue weighted by Crippen LogP contribution is 2.28. The molecule has 0 radical (unpaired) electrons. The van der Waals surface area contributed by atoms with Crippen LogP contribution in [0, 0.1) is 0 Å². The summed E-state index contributed by atoms with van der Waals surface area (Å²) in [5.74, 6) is 0.971. The zero-order chi connectivity index (χ0) is 16.8. The van der Waals surface area contributed by atoms with Gasteiger partial charge in [-0.05, 0) is 44.2 Å². The molecule has 0 aliphatic heterocycles. The third-order valence-electron chi connectivity index (χ3n) is 2.90. The molecule has 1 aromatic carbocycles. The second kappa shape index (κ2) is 7.49. The summed E-state index contributed by atoms with van der Waals surface area (Å²) in [7, 11) is 1.51. The van der Waals surface area contributed by atoms with Crippen LogP contribution in [0.15, 0.2) is 34.7 Å². The monoisotopic (exact) mass is 318 g/mol. The zero-order valence-electron chi connectivity index (χ0n) is 13.2. The van der Waals surface area contributed by atoms with Gasteiger partial charge in [0.05, 0.1) is 13.2 Å². The Kier molecular flexibility index (Phi) is 5.41. The van der Waals surface area contributed by atoms with E-state index in [9.17, 15) is 9.59 Å². The first-order valence-corrected chi connectivity index (χ1v) is 7.09. The van der Waals surface area contributed by atoms with E-state index in [2.05, 4.69) is 0 Å². The van der Waals surface area contributed by atoms with Gasteiger partial charge < -0.3 is 18.6 Å². The summed E-state index contributed by atoms with van der Waals surface area (Å²) in [6.45, 7) is 3.61. The Morgan fingerprint density at radius 1 is 1.22 bits per heavy atom. The average molecular weight is 318 g/mol. The molecule has 0 aliphatic carbocycles. The number of furan rings is 1. The quantitative estimate of drug-likeness (QED) is 0.576. The van der Waals surface area contributed by atoms with Gasteiger partial charge in [-0.15, -0.1) is 0 Å². The van der Waals surface area contributed by atoms with Crippen LogP contribution in [0.3, 0.4) is 0 Å². The van der Waals surface area contributed by atoms with Gasteiger partial charge in [-0.1, -0.05) is 0 Å². The molecule has 0 fully saturated rings. The largest absolute Gasteiger partial charge is 0.493 e. The summed E-state index contributed by atoms with van der Waals surface area (Å²) in [5.41, 5.74) is 0.474. The van der Waals surface area contributed by atoms with E-state index in [1.165, 1.54) is 13.2 Å². The molecule has 0 unspecified atom stereocenters. The third kappa shape index (κ3) is 4.35. The molecule has 2 aromatic rings. The smallest absolute Gasteiger partial charge is 0.374 e. The number of hydrogen-bond donors (Lipinski definition) is 0. The third-order valence-corrected chi connectivity index (χ3v) is 2.90. The van der Waals surface area contributed by atoms with Crippen LogP contribution in [0.5, 0.6) is 11.5 Å². The summed E-state index contributed by atoms with van der Waals surface area (Å²) < 4.78 is 21.2. The molecule has 2 rings (SSSR count). The molecule has 0 spiro atoms. The van der Waals surface area contributed by atoms with Crippen molar-refractivity contribution in [2.24, 2.45) is 0 Å². The lowest BCUT2D eigenvalue weighted by molar-refractivity contribution is 0.0337. The first-order chi connectivity index (χ1) is 11.0. The van der Waals surface area contributed by atoms with E-state index in [4.69, 9.17) is 18.6 Å². The number of esters is 1. The number of methoxy groups -OCH3 is 1. The van der Waals surface area contributed by atoms with E-state index < -0.39 is 5.97 Å². The average Bonchev–Trinajstić information content (AvgIpc) is 3.01. The van der Waals surface area contributed by atoms with Crippen LogP contribution in [0.25, 0.3) is 0 Å². The second-order valence-corrected chi connectivity index (χ2v) is 5.04. The van der Waals surface area contributed by atoms with E-state index in [1.54, 1.807) is 38.1 Å². The summed E-state index contributed by atoms with van der Waals surface area (Å²) in [6, 6.07) is 8.01. The van der Waals surface area contributed by atoms with Crippen molar-refractivity contribution in [3.63, 3.8) is 0 Å². The number of aldehydes is 1. The van der Waals surface area contributed by atoms with Crippen molar-refractivity contribution in [1.82, 2.24) is 0 Å². The van der Waals surface area contributed by atoms with Gasteiger partial charge in [0, 0.05) is 5.56 Å². The van der Waals surface area contributed by atoms with Crippen LogP contribution in [-0.4, -0.2) is 25.5 Å². The summed E-state index contributed by atoms with van der Waals surface area (Å²) in [4.78, 5) is 22.5. The molecule has 1 heterocycles. The fourth-order valence-corrected chi connectivity index (χ4v) is 1.87. The van der Waals surface area contributed by atoms with Gasteiger partial charge in [0.2, 0.25) is 5.76 Å². The van der Waals surface area contributed by atoms with Crippen molar-refractivity contribution in [2.45, 2.75) is 26.6 Å². The van der Waals surface area contributed by atoms with Gasteiger partial charge in [0.25, 0.3) is 0 Å². The second-order valence-electron chi connectivity index (χ2n) is 5.04. The Morgan fingerprint density at radius 2 is 2.00 bits per heavy atom. The highest BCUT2D eigenvalue weighted by Gasteiger charge is 2.15. The predicted octanol–water partition coefficient (Wildman–Crippen LogP) is 3.24. The molecule has 23 heavy (non-hydrogen) atoms. The van der Waals surface area contributed by atoms with Crippen LogP contribution >= 0.6 is 0 Å². The predicted molar refractivity (Wildman–Crippen MR) is 82.0 cm³/mol. The van der Waals surface area contributed by atoms with Gasteiger partial charge in [-0.2, -0.15) is 0 Å². The number of benzene rings is 1. The van der Waals surface area contributed by atoms with E-state index in [0.29, 0.717) is 22.8 Å². The minimum atomic E-state index is -0.521. The van der Waals surface area contributed by atoms with Gasteiger partial charge in [-0.3, -0.25) is 4.79 Å². The summed E-state index contributed by atoms with van der Waals surface area (Å²) in [6.07, 6.45) is 0.502. The Bertz CT molecular complexity index is 686. The molecular weight excluding hydrogens is 300 g/mol. The Labute approximate surface area is 134 Å². The van der Waals surface area contributed by atoms with E-state index >= 15 is 0 Å². The number of carbonyl (C=O) groups is 2. The van der Waals surface area contributed by atoms with Crippen LogP contribution in [0.1, 0.15) is 40.5 Å². The summed E-state index contributed by atoms with van der Waals surface area (Å²) in [5, 5.41) is 0. The minimum Gasteiger partial charge on any atom is -0.493 e. The maximum Gasteiger partial charge on any atom is 0.374 e. The molecule has 0 N–H and O–H groups in total. The molecule has 0 saturated carbocycles. The first-order valence-electron chi connectivity index (χ1n) is 7.09. The first kappa shape index (κ1) is 16.6. The van der Waals surface area contributed by atoms with Crippen molar-refractivity contribution in [3.8, 4) is 11.5 Å². The fraction of sp³-hybridized carbons (Fsp3) is 0.294. The lowest BCUT2D eigenvalue weighted by Crippen LogP contribution is -2.10. The number of hydrogen-bond acceptors (Lipinski definition) is 6. The lowest BCUT2D eigenvalue weighted by Gasteiger charge is -2.10. The van der Waals surface area contributed by atoms with Crippen molar-refractivity contribution in [3.05, 3.63) is 47.4 Å². The molecule has 0 aliphatic rings. The Hall–Kier alpha value is -2.76. The van der Waals surface area contributed by atoms with E-state index in [0.717, 1.165) is 6.29 Å². The maximum atomic E-state index is 11.7. The van der Waals surface area contributed by atoms with Crippen LogP contribution in [0.2, 0.25) is 0 Å². The van der Waals surface area contributed by atoms with Crippen molar-refractivity contribution in [1.29, 1.82) is 0 Å².